The molecule has 0 saturated heterocycles. The second-order valence-corrected chi connectivity index (χ2v) is 27.2. The van der Waals surface area contributed by atoms with Crippen molar-refractivity contribution in [3.05, 3.63) is 22.1 Å². The van der Waals surface area contributed by atoms with Gasteiger partial charge in [-0.1, -0.05) is 0 Å². The van der Waals surface area contributed by atoms with Crippen LogP contribution in [0, 0.1) is 0 Å². The zero-order valence-electron chi connectivity index (χ0n) is 12.4. The van der Waals surface area contributed by atoms with Gasteiger partial charge in [-0.3, -0.25) is 0 Å². The molecule has 0 amide bonds. The minimum atomic E-state index is -3.53. The van der Waals surface area contributed by atoms with Crippen molar-refractivity contribution in [2.24, 2.45) is 0 Å². The molecule has 1 aliphatic carbocycles. The van der Waals surface area contributed by atoms with Crippen molar-refractivity contribution in [2.45, 2.75) is 42.4 Å². The summed E-state index contributed by atoms with van der Waals surface area (Å²) in [5.74, 6) is 0. The van der Waals surface area contributed by atoms with E-state index in [2.05, 4.69) is 31.8 Å². The van der Waals surface area contributed by atoms with E-state index >= 15 is 0 Å². The topological polar surface area (TPSA) is 26.3 Å². The molecule has 0 spiro atoms. The number of halogens is 2. The van der Waals surface area contributed by atoms with Crippen LogP contribution in [0.4, 0.5) is 0 Å². The summed E-state index contributed by atoms with van der Waals surface area (Å²) >= 11 is -3.53. The SMILES string of the molecule is C[Si](C)(C)OCC[CH2][Ti]([CH3])(=[O])(=[SiH2])[C]1=CC=CC1.Cl.Cl. The van der Waals surface area contributed by atoms with Crippen LogP contribution in [0.1, 0.15) is 12.8 Å². The zero-order chi connectivity index (χ0) is 13.2. The van der Waals surface area contributed by atoms with Gasteiger partial charge in [-0.15, -0.1) is 24.8 Å². The van der Waals surface area contributed by atoms with E-state index in [-0.39, 0.29) is 24.8 Å². The van der Waals surface area contributed by atoms with Crippen LogP contribution in [0.5, 0.6) is 0 Å². The minimum Gasteiger partial charge on any atom is -0.147 e. The van der Waals surface area contributed by atoms with Gasteiger partial charge in [0.1, 0.15) is 0 Å². The minimum absolute atomic E-state index is 0. The van der Waals surface area contributed by atoms with E-state index in [1.54, 1.807) is 7.63 Å². The molecule has 0 radical (unpaired) electrons. The molecule has 0 N–H and O–H groups in total. The first-order valence-corrected chi connectivity index (χ1v) is 17.9. The molecule has 0 saturated carbocycles. The van der Waals surface area contributed by atoms with Gasteiger partial charge >= 0.3 is 109 Å². The van der Waals surface area contributed by atoms with Crippen molar-refractivity contribution in [1.82, 2.24) is 0 Å². The Bertz CT molecular complexity index is 472. The van der Waals surface area contributed by atoms with Crippen molar-refractivity contribution in [3.8, 4) is 0 Å². The van der Waals surface area contributed by atoms with Crippen LogP contribution < -0.4 is 0 Å². The van der Waals surface area contributed by atoms with Crippen molar-refractivity contribution >= 4 is 40.8 Å². The van der Waals surface area contributed by atoms with Crippen molar-refractivity contribution < 1.29 is 21.8 Å². The van der Waals surface area contributed by atoms with Gasteiger partial charge in [0.25, 0.3) is 0 Å². The average Bonchev–Trinajstić information content (AvgIpc) is 2.64. The molecule has 0 heterocycles. The second kappa shape index (κ2) is 7.83. The number of allylic oxidation sites excluding steroid dienone is 4. The van der Waals surface area contributed by atoms with Gasteiger partial charge in [0.05, 0.1) is 0 Å². The summed E-state index contributed by atoms with van der Waals surface area (Å²) in [4.78, 5) is 0. The first kappa shape index (κ1) is 22.3. The van der Waals surface area contributed by atoms with E-state index < -0.39 is 22.3 Å². The smallest absolute Gasteiger partial charge is 0.147 e. The number of hydrogen-bond donors (Lipinski definition) is 0. The molecule has 1 rings (SSSR count). The van der Waals surface area contributed by atoms with E-state index in [0.29, 0.717) is 0 Å². The first-order valence-electron chi connectivity index (χ1n) is 6.37. The Kier molecular flexibility index (Phi) is 9.17. The Balaban J connectivity index is 0. The Morgan fingerprint density at radius 1 is 1.37 bits per heavy atom. The Morgan fingerprint density at radius 2 is 1.95 bits per heavy atom. The second-order valence-electron chi connectivity index (χ2n) is 6.54. The van der Waals surface area contributed by atoms with E-state index in [0.717, 1.165) is 24.2 Å². The van der Waals surface area contributed by atoms with E-state index in [1.165, 1.54) is 3.88 Å². The van der Waals surface area contributed by atoms with E-state index in [1.807, 2.05) is 11.3 Å². The summed E-state index contributed by atoms with van der Waals surface area (Å²) in [5, 5.41) is 2.02. The third-order valence-electron chi connectivity index (χ3n) is 3.19. The largest absolute Gasteiger partial charge is 0.147 e. The van der Waals surface area contributed by atoms with Crippen molar-refractivity contribution in [3.63, 3.8) is 0 Å². The van der Waals surface area contributed by atoms with Crippen LogP contribution in [-0.4, -0.2) is 22.6 Å². The molecule has 0 aromatic carbocycles. The van der Waals surface area contributed by atoms with Crippen LogP contribution in [-0.2, 0) is 21.8 Å². The molecule has 0 atom stereocenters. The molecule has 2 nitrogen and oxygen atoms in total. The van der Waals surface area contributed by atoms with E-state index in [9.17, 15) is 3.32 Å². The van der Waals surface area contributed by atoms with Crippen LogP contribution >= 0.6 is 24.8 Å². The molecule has 0 bridgehead atoms. The molecule has 0 aromatic heterocycles. The molecule has 19 heavy (non-hydrogen) atoms. The molecule has 0 fully saturated rings. The maximum atomic E-state index is 13.1. The number of rotatable bonds is 6. The quantitative estimate of drug-likeness (QED) is 0.517. The summed E-state index contributed by atoms with van der Waals surface area (Å²) in [6.07, 6.45) is 8.03. The van der Waals surface area contributed by atoms with Crippen LogP contribution in [0.3, 0.4) is 0 Å². The van der Waals surface area contributed by atoms with Crippen molar-refractivity contribution in [2.75, 3.05) is 6.61 Å². The predicted molar refractivity (Wildman–Crippen MR) is 90.2 cm³/mol. The van der Waals surface area contributed by atoms with Crippen LogP contribution in [0.2, 0.25) is 29.6 Å². The summed E-state index contributed by atoms with van der Waals surface area (Å²) in [6, 6.07) is 0. The summed E-state index contributed by atoms with van der Waals surface area (Å²) < 4.78 is 20.9. The summed E-state index contributed by atoms with van der Waals surface area (Å²) in [5.41, 5.74) is 0. The maximum Gasteiger partial charge on any atom is -0.147 e. The molecular formula is C12H27Cl2O2Si2Ti. The normalized spacial score (nSPS) is 15.5. The molecule has 0 aromatic rings. The predicted octanol–water partition coefficient (Wildman–Crippen LogP) is 3.97. The molecule has 7 heteroatoms. The third kappa shape index (κ3) is 8.10. The first-order chi connectivity index (χ1) is 7.59. The van der Waals surface area contributed by atoms with Crippen LogP contribution in [0.25, 0.3) is 0 Å². The summed E-state index contributed by atoms with van der Waals surface area (Å²) in [6.45, 7) is 7.35. The maximum absolute atomic E-state index is 13.1. The van der Waals surface area contributed by atoms with Crippen molar-refractivity contribution in [1.29, 1.82) is 0 Å². The zero-order valence-corrected chi connectivity index (χ0v) is 18.0. The van der Waals surface area contributed by atoms with Gasteiger partial charge in [-0.2, -0.15) is 0 Å². The standard InChI is InChI=1S/C6H15OSi.C5H5.CH3.2ClH.O.H2Si.Ti/c1-5-6-7-8(2,3)4;1-2-4-5-3-1;;;;;;/h1,5-6H2,2-4H3;1-3H,4H2;1H3;2*1H;;1H2;. The third-order valence-corrected chi connectivity index (χ3v) is 13.6. The molecule has 1 aliphatic rings. The average molecular weight is 378 g/mol. The Morgan fingerprint density at radius 3 is 2.37 bits per heavy atom. The molecular weight excluding hydrogens is 351 g/mol. The van der Waals surface area contributed by atoms with Gasteiger partial charge in [0, 0.05) is 0 Å². The summed E-state index contributed by atoms with van der Waals surface area (Å²) in [7, 11) is 0.357. The molecule has 0 aliphatic heterocycles. The van der Waals surface area contributed by atoms with Gasteiger partial charge in [0.15, 0.2) is 0 Å². The van der Waals surface area contributed by atoms with E-state index in [4.69, 9.17) is 4.43 Å². The fourth-order valence-corrected chi connectivity index (χ4v) is 9.05. The fraction of sp³-hybridized carbons (Fsp3) is 0.667. The fourth-order valence-electron chi connectivity index (χ4n) is 2.04. The Labute approximate surface area is 133 Å². The Hall–Kier alpha value is 0.968. The monoisotopic (exact) mass is 377 g/mol. The molecule has 0 unspecified atom stereocenters. The molecule has 113 valence electrons. The number of hydrogen-bond acceptors (Lipinski definition) is 2. The van der Waals surface area contributed by atoms with Gasteiger partial charge < -0.3 is 0 Å². The van der Waals surface area contributed by atoms with Gasteiger partial charge in [0.2, 0.25) is 0 Å². The van der Waals surface area contributed by atoms with Gasteiger partial charge in [-0.25, -0.2) is 0 Å². The van der Waals surface area contributed by atoms with Gasteiger partial charge in [-0.05, 0) is 0 Å². The van der Waals surface area contributed by atoms with Crippen LogP contribution in [0.15, 0.2) is 22.1 Å².